The molecule has 1 saturated carbocycles. The monoisotopic (exact) mass is 251 g/mol. The second-order valence-corrected chi connectivity index (χ2v) is 5.46. The van der Waals surface area contributed by atoms with Crippen LogP contribution in [0.4, 0.5) is 0 Å². The summed E-state index contributed by atoms with van der Waals surface area (Å²) in [4.78, 5) is 0. The van der Waals surface area contributed by atoms with Gasteiger partial charge in [-0.3, -0.25) is 4.68 Å². The Labute approximate surface area is 110 Å². The first kappa shape index (κ1) is 13.4. The molecule has 18 heavy (non-hydrogen) atoms. The number of nitrogens with zero attached hydrogens (tertiary/aromatic N) is 2. The molecule has 1 unspecified atom stereocenters. The van der Waals surface area contributed by atoms with Crippen LogP contribution in [0.2, 0.25) is 0 Å². The normalized spacial score (nSPS) is 17.1. The molecule has 1 N–H and O–H groups in total. The molecule has 1 heterocycles. The summed E-state index contributed by atoms with van der Waals surface area (Å²) in [6.45, 7) is 7.39. The third kappa shape index (κ3) is 4.02. The number of hydrogen-bond acceptors (Lipinski definition) is 3. The van der Waals surface area contributed by atoms with Crippen LogP contribution in [0.1, 0.15) is 52.5 Å². The van der Waals surface area contributed by atoms with E-state index in [4.69, 9.17) is 4.74 Å². The molecule has 4 nitrogen and oxygen atoms in total. The van der Waals surface area contributed by atoms with Crippen molar-refractivity contribution in [2.75, 3.05) is 6.54 Å². The third-order valence-corrected chi connectivity index (χ3v) is 3.23. The molecular formula is C14H25N3O. The summed E-state index contributed by atoms with van der Waals surface area (Å²) in [5, 5.41) is 7.85. The van der Waals surface area contributed by atoms with E-state index in [1.165, 1.54) is 12.8 Å². The van der Waals surface area contributed by atoms with Crippen molar-refractivity contribution in [1.29, 1.82) is 0 Å². The molecule has 0 saturated heterocycles. The van der Waals surface area contributed by atoms with Gasteiger partial charge in [0.2, 0.25) is 0 Å². The maximum absolute atomic E-state index is 6.02. The van der Waals surface area contributed by atoms with Crippen LogP contribution in [-0.4, -0.2) is 28.5 Å². The van der Waals surface area contributed by atoms with Gasteiger partial charge in [-0.15, -0.1) is 0 Å². The van der Waals surface area contributed by atoms with Gasteiger partial charge < -0.3 is 10.1 Å². The molecule has 1 aromatic rings. The van der Waals surface area contributed by atoms with Gasteiger partial charge in [0.1, 0.15) is 6.10 Å². The first-order chi connectivity index (χ1) is 8.69. The Morgan fingerprint density at radius 1 is 1.50 bits per heavy atom. The molecule has 0 aliphatic heterocycles. The molecular weight excluding hydrogens is 226 g/mol. The van der Waals surface area contributed by atoms with Crippen LogP contribution in [0.3, 0.4) is 0 Å². The fourth-order valence-corrected chi connectivity index (χ4v) is 1.97. The summed E-state index contributed by atoms with van der Waals surface area (Å²) in [6, 6.07) is 1.13. The van der Waals surface area contributed by atoms with E-state index in [0.717, 1.165) is 31.2 Å². The Kier molecular flexibility index (Phi) is 4.64. The van der Waals surface area contributed by atoms with E-state index in [2.05, 4.69) is 31.2 Å². The van der Waals surface area contributed by atoms with Crippen molar-refractivity contribution in [1.82, 2.24) is 15.1 Å². The van der Waals surface area contributed by atoms with Gasteiger partial charge in [0.05, 0.1) is 12.4 Å². The Hall–Kier alpha value is -1.03. The van der Waals surface area contributed by atoms with Gasteiger partial charge >= 0.3 is 0 Å². The maximum atomic E-state index is 6.02. The summed E-state index contributed by atoms with van der Waals surface area (Å²) < 4.78 is 7.96. The zero-order chi connectivity index (χ0) is 13.0. The van der Waals surface area contributed by atoms with Crippen LogP contribution in [-0.2, 0) is 0 Å². The van der Waals surface area contributed by atoms with Crippen molar-refractivity contribution in [2.24, 2.45) is 0 Å². The number of rotatable bonds is 8. The molecule has 0 amide bonds. The average molecular weight is 251 g/mol. The Morgan fingerprint density at radius 3 is 2.83 bits per heavy atom. The van der Waals surface area contributed by atoms with Crippen molar-refractivity contribution < 1.29 is 4.74 Å². The predicted octanol–water partition coefficient (Wildman–Crippen LogP) is 2.76. The van der Waals surface area contributed by atoms with E-state index in [1.807, 2.05) is 17.1 Å². The first-order valence-corrected chi connectivity index (χ1v) is 7.13. The van der Waals surface area contributed by atoms with Crippen LogP contribution >= 0.6 is 0 Å². The summed E-state index contributed by atoms with van der Waals surface area (Å²) >= 11 is 0. The molecule has 102 valence electrons. The van der Waals surface area contributed by atoms with Gasteiger partial charge in [-0.2, -0.15) is 5.10 Å². The lowest BCUT2D eigenvalue weighted by molar-refractivity contribution is 0.185. The average Bonchev–Trinajstić information content (AvgIpc) is 3.04. The standard InChI is InChI=1S/C14H25N3O/c1-4-5-13(8-15-12-6-7-12)18-14-9-16-17(10-14)11(2)3/h9-13,15H,4-8H2,1-3H3. The second-order valence-electron chi connectivity index (χ2n) is 5.46. The zero-order valence-electron chi connectivity index (χ0n) is 11.7. The highest BCUT2D eigenvalue weighted by Gasteiger charge is 2.22. The van der Waals surface area contributed by atoms with Crippen molar-refractivity contribution in [3.05, 3.63) is 12.4 Å². The molecule has 4 heteroatoms. The van der Waals surface area contributed by atoms with E-state index in [9.17, 15) is 0 Å². The fourth-order valence-electron chi connectivity index (χ4n) is 1.97. The summed E-state index contributed by atoms with van der Waals surface area (Å²) in [5.74, 6) is 0.889. The lowest BCUT2D eigenvalue weighted by Crippen LogP contribution is -2.32. The topological polar surface area (TPSA) is 39.1 Å². The van der Waals surface area contributed by atoms with Crippen LogP contribution in [0.5, 0.6) is 5.75 Å². The van der Waals surface area contributed by atoms with Crippen LogP contribution in [0, 0.1) is 0 Å². The van der Waals surface area contributed by atoms with Crippen LogP contribution < -0.4 is 10.1 Å². The van der Waals surface area contributed by atoms with Gasteiger partial charge in [0, 0.05) is 18.6 Å². The Morgan fingerprint density at radius 2 is 2.28 bits per heavy atom. The quantitative estimate of drug-likeness (QED) is 0.772. The minimum Gasteiger partial charge on any atom is -0.486 e. The largest absolute Gasteiger partial charge is 0.486 e. The molecule has 1 aliphatic carbocycles. The van der Waals surface area contributed by atoms with Crippen molar-refractivity contribution in [3.63, 3.8) is 0 Å². The first-order valence-electron chi connectivity index (χ1n) is 7.13. The number of ether oxygens (including phenoxy) is 1. The maximum Gasteiger partial charge on any atom is 0.157 e. The van der Waals surface area contributed by atoms with Crippen LogP contribution in [0.15, 0.2) is 12.4 Å². The Balaban J connectivity index is 1.84. The molecule has 0 aromatic carbocycles. The van der Waals surface area contributed by atoms with Gasteiger partial charge in [-0.05, 0) is 33.1 Å². The van der Waals surface area contributed by atoms with Gasteiger partial charge in [0.15, 0.2) is 5.75 Å². The number of hydrogen-bond donors (Lipinski definition) is 1. The summed E-state index contributed by atoms with van der Waals surface area (Å²) in [5.41, 5.74) is 0. The second kappa shape index (κ2) is 6.23. The molecule has 0 spiro atoms. The van der Waals surface area contributed by atoms with Gasteiger partial charge in [-0.25, -0.2) is 0 Å². The molecule has 0 radical (unpaired) electrons. The highest BCUT2D eigenvalue weighted by molar-refractivity contribution is 5.12. The van der Waals surface area contributed by atoms with E-state index in [1.54, 1.807) is 0 Å². The molecule has 1 atom stereocenters. The number of aromatic nitrogens is 2. The highest BCUT2D eigenvalue weighted by atomic mass is 16.5. The Bertz CT molecular complexity index is 358. The SMILES string of the molecule is CCCC(CNC1CC1)Oc1cnn(C(C)C)c1. The van der Waals surface area contributed by atoms with E-state index < -0.39 is 0 Å². The smallest absolute Gasteiger partial charge is 0.157 e. The van der Waals surface area contributed by atoms with Crippen molar-refractivity contribution in [3.8, 4) is 5.75 Å². The van der Waals surface area contributed by atoms with Gasteiger partial charge in [0.25, 0.3) is 0 Å². The predicted molar refractivity (Wildman–Crippen MR) is 73.0 cm³/mol. The van der Waals surface area contributed by atoms with Gasteiger partial charge in [-0.1, -0.05) is 13.3 Å². The van der Waals surface area contributed by atoms with E-state index in [0.29, 0.717) is 6.04 Å². The minimum atomic E-state index is 0.264. The third-order valence-electron chi connectivity index (χ3n) is 3.23. The molecule has 1 fully saturated rings. The lowest BCUT2D eigenvalue weighted by atomic mass is 10.2. The van der Waals surface area contributed by atoms with E-state index in [-0.39, 0.29) is 6.10 Å². The van der Waals surface area contributed by atoms with Crippen molar-refractivity contribution >= 4 is 0 Å². The van der Waals surface area contributed by atoms with Crippen molar-refractivity contribution in [2.45, 2.75) is 64.6 Å². The highest BCUT2D eigenvalue weighted by Crippen LogP contribution is 2.20. The molecule has 2 rings (SSSR count). The molecule has 1 aromatic heterocycles. The summed E-state index contributed by atoms with van der Waals surface area (Å²) in [7, 11) is 0. The molecule has 0 bridgehead atoms. The zero-order valence-corrected chi connectivity index (χ0v) is 11.7. The minimum absolute atomic E-state index is 0.264. The summed E-state index contributed by atoms with van der Waals surface area (Å²) in [6.07, 6.45) is 8.96. The molecule has 1 aliphatic rings. The van der Waals surface area contributed by atoms with E-state index >= 15 is 0 Å². The van der Waals surface area contributed by atoms with Crippen LogP contribution in [0.25, 0.3) is 0 Å². The number of nitrogens with one attached hydrogen (secondary N) is 1. The fraction of sp³-hybridized carbons (Fsp3) is 0.786. The lowest BCUT2D eigenvalue weighted by Gasteiger charge is -2.18.